The molecule has 0 fully saturated rings. The van der Waals surface area contributed by atoms with Crippen LogP contribution >= 0.6 is 27.3 Å². The molecule has 6 rings (SSSR count). The van der Waals surface area contributed by atoms with Crippen LogP contribution in [0.25, 0.3) is 21.6 Å². The van der Waals surface area contributed by atoms with Crippen molar-refractivity contribution in [1.29, 1.82) is 0 Å². The normalized spacial score (nSPS) is 15.2. The molecule has 3 aromatic carbocycles. The number of nitrogens with zero attached hydrogens (tertiary/aromatic N) is 3. The average molecular weight is 502 g/mol. The third kappa shape index (κ3) is 2.85. The zero-order valence-corrected chi connectivity index (χ0v) is 19.4. The summed E-state index contributed by atoms with van der Waals surface area (Å²) in [6, 6.07) is 21.5. The molecular weight excluding hydrogens is 486 g/mol. The van der Waals surface area contributed by atoms with Gasteiger partial charge in [0, 0.05) is 10.0 Å². The third-order valence-electron chi connectivity index (χ3n) is 5.79. The Labute approximate surface area is 195 Å². The quantitative estimate of drug-likeness (QED) is 0.359. The van der Waals surface area contributed by atoms with E-state index in [1.807, 2.05) is 73.7 Å². The van der Waals surface area contributed by atoms with Gasteiger partial charge in [-0.2, -0.15) is 0 Å². The van der Waals surface area contributed by atoms with Gasteiger partial charge in [-0.3, -0.25) is 9.59 Å². The average Bonchev–Trinajstić information content (AvgIpc) is 3.38. The molecule has 0 aliphatic carbocycles. The van der Waals surface area contributed by atoms with Crippen LogP contribution in [0.15, 0.2) is 76.0 Å². The van der Waals surface area contributed by atoms with Gasteiger partial charge < -0.3 is 4.90 Å². The third-order valence-corrected chi connectivity index (χ3v) is 7.32. The number of hydrogen-bond acceptors (Lipinski definition) is 4. The van der Waals surface area contributed by atoms with Crippen LogP contribution in [0, 0.1) is 6.92 Å². The van der Waals surface area contributed by atoms with Gasteiger partial charge in [0.15, 0.2) is 4.96 Å². The molecule has 2 aromatic heterocycles. The number of carbonyl (C=O) groups is 1. The fourth-order valence-corrected chi connectivity index (χ4v) is 5.66. The molecule has 0 radical (unpaired) electrons. The first-order valence-electron chi connectivity index (χ1n) is 10.1. The van der Waals surface area contributed by atoms with Crippen molar-refractivity contribution in [3.63, 3.8) is 0 Å². The maximum Gasteiger partial charge on any atom is 0.275 e. The molecule has 0 saturated carbocycles. The number of halogens is 1. The fraction of sp³-hybridized carbons (Fsp3) is 0.0800. The topological polar surface area (TPSA) is 54.7 Å². The van der Waals surface area contributed by atoms with Gasteiger partial charge in [0.05, 0.1) is 28.8 Å². The zero-order chi connectivity index (χ0) is 22.0. The van der Waals surface area contributed by atoms with Gasteiger partial charge >= 0.3 is 0 Å². The molecule has 0 N–H and O–H groups in total. The maximum absolute atomic E-state index is 13.7. The van der Waals surface area contributed by atoms with Crippen molar-refractivity contribution in [2.45, 2.75) is 13.5 Å². The minimum absolute atomic E-state index is 0.162. The van der Waals surface area contributed by atoms with Gasteiger partial charge in [-0.25, -0.2) is 9.38 Å². The van der Waals surface area contributed by atoms with Gasteiger partial charge in [-0.05, 0) is 42.8 Å². The molecule has 1 aliphatic heterocycles. The Morgan fingerprint density at radius 3 is 2.59 bits per heavy atom. The van der Waals surface area contributed by atoms with Crippen LogP contribution in [0.4, 0.5) is 5.69 Å². The van der Waals surface area contributed by atoms with Crippen LogP contribution < -0.4 is 15.0 Å². The number of fused-ring (bicyclic) bond motifs is 4. The van der Waals surface area contributed by atoms with Crippen molar-refractivity contribution in [2.75, 3.05) is 4.90 Å². The first-order chi connectivity index (χ1) is 15.5. The first-order valence-corrected chi connectivity index (χ1v) is 11.7. The molecule has 1 aliphatic rings. The molecule has 1 amide bonds. The van der Waals surface area contributed by atoms with Crippen LogP contribution in [0.2, 0.25) is 0 Å². The number of imidazole rings is 1. The van der Waals surface area contributed by atoms with Crippen molar-refractivity contribution in [3.05, 3.63) is 103 Å². The lowest BCUT2D eigenvalue weighted by atomic mass is 10.1. The number of aryl methyl sites for hydroxylation is 1. The summed E-state index contributed by atoms with van der Waals surface area (Å²) in [6.45, 7) is 2.48. The molecule has 0 bridgehead atoms. The summed E-state index contributed by atoms with van der Waals surface area (Å²) in [7, 11) is 0. The molecular formula is C25H16BrN3O2S. The number of aromatic nitrogens is 2. The maximum atomic E-state index is 13.7. The van der Waals surface area contributed by atoms with Gasteiger partial charge in [-0.15, -0.1) is 0 Å². The summed E-state index contributed by atoms with van der Waals surface area (Å²) in [5.74, 6) is -0.162. The second kappa shape index (κ2) is 7.12. The minimum Gasteiger partial charge on any atom is -0.303 e. The van der Waals surface area contributed by atoms with Crippen molar-refractivity contribution >= 4 is 60.4 Å². The van der Waals surface area contributed by atoms with Crippen LogP contribution in [-0.2, 0) is 11.3 Å². The number of thiazole rings is 1. The van der Waals surface area contributed by atoms with E-state index < -0.39 is 0 Å². The van der Waals surface area contributed by atoms with Crippen molar-refractivity contribution in [1.82, 2.24) is 9.38 Å². The largest absolute Gasteiger partial charge is 0.303 e. The van der Waals surface area contributed by atoms with E-state index in [1.54, 1.807) is 9.30 Å². The number of amides is 1. The Morgan fingerprint density at radius 2 is 1.78 bits per heavy atom. The van der Waals surface area contributed by atoms with Crippen LogP contribution in [0.1, 0.15) is 16.7 Å². The zero-order valence-electron chi connectivity index (χ0n) is 17.0. The van der Waals surface area contributed by atoms with Crippen molar-refractivity contribution < 1.29 is 4.79 Å². The highest BCUT2D eigenvalue weighted by Crippen LogP contribution is 2.38. The molecule has 0 unspecified atom stereocenters. The van der Waals surface area contributed by atoms with Crippen molar-refractivity contribution in [2.24, 2.45) is 0 Å². The number of para-hydroxylation sites is 2. The Kier molecular flexibility index (Phi) is 4.31. The lowest BCUT2D eigenvalue weighted by Gasteiger charge is -2.17. The summed E-state index contributed by atoms with van der Waals surface area (Å²) >= 11 is 4.79. The molecule has 0 spiro atoms. The predicted octanol–water partition coefficient (Wildman–Crippen LogP) is 4.44. The molecule has 0 atom stereocenters. The van der Waals surface area contributed by atoms with Gasteiger partial charge in [0.1, 0.15) is 4.53 Å². The van der Waals surface area contributed by atoms with E-state index in [9.17, 15) is 9.59 Å². The molecule has 3 heterocycles. The van der Waals surface area contributed by atoms with Crippen LogP contribution in [0.5, 0.6) is 0 Å². The van der Waals surface area contributed by atoms with Crippen molar-refractivity contribution in [3.8, 4) is 0 Å². The summed E-state index contributed by atoms with van der Waals surface area (Å²) in [6.07, 6.45) is 0. The van der Waals surface area contributed by atoms with Crippen LogP contribution in [0.3, 0.4) is 0 Å². The Balaban J connectivity index is 1.60. The van der Waals surface area contributed by atoms with Gasteiger partial charge in [0.2, 0.25) is 0 Å². The molecule has 7 heteroatoms. The number of benzene rings is 3. The number of hydrogen-bond donors (Lipinski definition) is 0. The highest BCUT2D eigenvalue weighted by molar-refractivity contribution is 9.10. The highest BCUT2D eigenvalue weighted by Gasteiger charge is 2.34. The highest BCUT2D eigenvalue weighted by atomic mass is 79.9. The SMILES string of the molecule is Cc1ccc(CN2C(=O)C(=c3sc4nc5ccccc5n4c3=O)c3cc(Br)ccc32)cc1. The van der Waals surface area contributed by atoms with E-state index in [0.717, 1.165) is 32.3 Å². The van der Waals surface area contributed by atoms with E-state index in [2.05, 4.69) is 20.9 Å². The summed E-state index contributed by atoms with van der Waals surface area (Å²) < 4.78 is 2.89. The Hall–Kier alpha value is -3.29. The van der Waals surface area contributed by atoms with Gasteiger partial charge in [0.25, 0.3) is 11.5 Å². The molecule has 0 saturated heterocycles. The Morgan fingerprint density at radius 1 is 1.00 bits per heavy atom. The van der Waals surface area contributed by atoms with E-state index >= 15 is 0 Å². The first kappa shape index (κ1) is 19.4. The number of carbonyl (C=O) groups excluding carboxylic acids is 1. The lowest BCUT2D eigenvalue weighted by Crippen LogP contribution is -2.31. The summed E-state index contributed by atoms with van der Waals surface area (Å²) in [5, 5.41) is 0. The van der Waals surface area contributed by atoms with E-state index in [4.69, 9.17) is 0 Å². The van der Waals surface area contributed by atoms with E-state index in [0.29, 0.717) is 21.6 Å². The fourth-order valence-electron chi connectivity index (χ4n) is 4.22. The van der Waals surface area contributed by atoms with E-state index in [1.165, 1.54) is 16.9 Å². The van der Waals surface area contributed by atoms with E-state index in [-0.39, 0.29) is 11.5 Å². The lowest BCUT2D eigenvalue weighted by molar-refractivity contribution is -0.113. The molecule has 5 nitrogen and oxygen atoms in total. The standard InChI is InChI=1S/C25H16BrN3O2S/c1-14-6-8-15(9-7-14)13-28-19-11-10-16(26)12-17(19)21(23(28)30)22-24(31)29-20-5-3-2-4-18(20)27-25(29)32-22/h2-12H,13H2,1H3. The minimum atomic E-state index is -0.204. The second-order valence-electron chi connectivity index (χ2n) is 7.87. The Bertz CT molecular complexity index is 1670. The molecule has 32 heavy (non-hydrogen) atoms. The smallest absolute Gasteiger partial charge is 0.275 e. The van der Waals surface area contributed by atoms with Gasteiger partial charge in [-0.1, -0.05) is 69.2 Å². The monoisotopic (exact) mass is 501 g/mol. The second-order valence-corrected chi connectivity index (χ2v) is 9.76. The molecule has 156 valence electrons. The summed E-state index contributed by atoms with van der Waals surface area (Å²) in [4.78, 5) is 34.1. The number of rotatable bonds is 2. The number of anilines is 1. The van der Waals surface area contributed by atoms with Crippen LogP contribution in [-0.4, -0.2) is 15.3 Å². The predicted molar refractivity (Wildman–Crippen MR) is 131 cm³/mol. The summed E-state index contributed by atoms with van der Waals surface area (Å²) in [5.41, 5.74) is 5.55. The molecule has 5 aromatic rings.